The lowest BCUT2D eigenvalue weighted by Crippen LogP contribution is -2.41. The molecule has 5 nitrogen and oxygen atoms in total. The van der Waals surface area contributed by atoms with E-state index in [0.29, 0.717) is 24.2 Å². The Morgan fingerprint density at radius 1 is 1.38 bits per heavy atom. The lowest BCUT2D eigenvalue weighted by molar-refractivity contribution is 0.157. The number of carbonyl (C=O) groups is 1. The van der Waals surface area contributed by atoms with Crippen LogP contribution in [0.3, 0.4) is 0 Å². The van der Waals surface area contributed by atoms with Gasteiger partial charge in [-0.25, -0.2) is 4.79 Å². The van der Waals surface area contributed by atoms with Gasteiger partial charge in [-0.15, -0.1) is 0 Å². The van der Waals surface area contributed by atoms with Crippen molar-refractivity contribution < 1.29 is 13.9 Å². The Balaban J connectivity index is 1.56. The topological polar surface area (TPSA) is 63.5 Å². The van der Waals surface area contributed by atoms with Crippen LogP contribution in [0.1, 0.15) is 28.2 Å². The molecular formula is C18H22N2O3S. The Morgan fingerprint density at radius 3 is 3.04 bits per heavy atom. The largest absolute Gasteiger partial charge is 0.467 e. The second kappa shape index (κ2) is 8.26. The van der Waals surface area contributed by atoms with E-state index in [4.69, 9.17) is 9.15 Å². The number of hydrogen-bond acceptors (Lipinski definition) is 4. The lowest BCUT2D eigenvalue weighted by atomic mass is 10.0. The number of furan rings is 1. The van der Waals surface area contributed by atoms with Gasteiger partial charge in [-0.2, -0.15) is 11.8 Å². The molecular weight excluding hydrogens is 324 g/mol. The Bertz CT molecular complexity index is 660. The quantitative estimate of drug-likeness (QED) is 0.842. The van der Waals surface area contributed by atoms with E-state index in [1.165, 1.54) is 11.1 Å². The number of aryl methyl sites for hydroxylation is 1. The maximum atomic E-state index is 12.2. The minimum Gasteiger partial charge on any atom is -0.467 e. The van der Waals surface area contributed by atoms with Gasteiger partial charge in [0.05, 0.1) is 12.9 Å². The molecule has 1 aliphatic heterocycles. The number of nitrogens with one attached hydrogen (secondary N) is 2. The summed E-state index contributed by atoms with van der Waals surface area (Å²) in [5.41, 5.74) is 2.71. The molecule has 2 amide bonds. The molecule has 1 aromatic carbocycles. The van der Waals surface area contributed by atoms with Crippen molar-refractivity contribution in [2.45, 2.75) is 17.7 Å². The van der Waals surface area contributed by atoms with Gasteiger partial charge in [0.25, 0.3) is 0 Å². The van der Waals surface area contributed by atoms with Crippen LogP contribution in [0.4, 0.5) is 4.79 Å². The summed E-state index contributed by atoms with van der Waals surface area (Å²) in [5, 5.41) is 6.18. The highest BCUT2D eigenvalue weighted by Crippen LogP contribution is 2.35. The van der Waals surface area contributed by atoms with Crippen LogP contribution in [0.25, 0.3) is 0 Å². The zero-order valence-corrected chi connectivity index (χ0v) is 14.5. The number of carbonyl (C=O) groups excluding carboxylic acids is 1. The van der Waals surface area contributed by atoms with E-state index in [1.807, 2.05) is 17.8 Å². The molecule has 1 aromatic heterocycles. The van der Waals surface area contributed by atoms with Crippen molar-refractivity contribution in [1.82, 2.24) is 10.6 Å². The normalized spacial score (nSPS) is 17.8. The summed E-state index contributed by atoms with van der Waals surface area (Å²) in [4.78, 5) is 12.2. The van der Waals surface area contributed by atoms with E-state index in [9.17, 15) is 4.79 Å². The second-order valence-corrected chi connectivity index (χ2v) is 7.00. The van der Waals surface area contributed by atoms with E-state index in [1.54, 1.807) is 19.4 Å². The predicted octanol–water partition coefficient (Wildman–Crippen LogP) is 3.30. The van der Waals surface area contributed by atoms with Crippen LogP contribution in [0, 0.1) is 0 Å². The van der Waals surface area contributed by atoms with Gasteiger partial charge in [-0.1, -0.05) is 24.3 Å². The molecule has 2 heterocycles. The Labute approximate surface area is 146 Å². The van der Waals surface area contributed by atoms with Crippen molar-refractivity contribution in [3.05, 3.63) is 59.5 Å². The first-order valence-electron chi connectivity index (χ1n) is 8.04. The molecule has 0 radical (unpaired) electrons. The molecule has 0 aliphatic carbocycles. The van der Waals surface area contributed by atoms with Crippen LogP contribution in [0.5, 0.6) is 0 Å². The molecule has 1 aliphatic rings. The molecule has 2 aromatic rings. The summed E-state index contributed by atoms with van der Waals surface area (Å²) in [6.45, 7) is 0.966. The SMILES string of the molecule is COC[C@H](NC(=O)NC[C@H]1SCCc2ccccc21)c1ccco1. The van der Waals surface area contributed by atoms with Gasteiger partial charge >= 0.3 is 6.03 Å². The van der Waals surface area contributed by atoms with Gasteiger partial charge in [0.2, 0.25) is 0 Å². The minimum absolute atomic E-state index is 0.211. The highest BCUT2D eigenvalue weighted by Gasteiger charge is 2.22. The molecule has 6 heteroatoms. The Morgan fingerprint density at radius 2 is 2.25 bits per heavy atom. The van der Waals surface area contributed by atoms with Gasteiger partial charge < -0.3 is 19.8 Å². The smallest absolute Gasteiger partial charge is 0.315 e. The number of ether oxygens (including phenoxy) is 1. The van der Waals surface area contributed by atoms with Crippen LogP contribution >= 0.6 is 11.8 Å². The molecule has 0 unspecified atom stereocenters. The molecule has 0 bridgehead atoms. The van der Waals surface area contributed by atoms with Crippen molar-refractivity contribution in [2.75, 3.05) is 26.0 Å². The molecule has 0 fully saturated rings. The van der Waals surface area contributed by atoms with Crippen LogP contribution in [-0.2, 0) is 11.2 Å². The average Bonchev–Trinajstić information content (AvgIpc) is 3.14. The highest BCUT2D eigenvalue weighted by molar-refractivity contribution is 7.99. The number of benzene rings is 1. The van der Waals surface area contributed by atoms with Crippen LogP contribution < -0.4 is 10.6 Å². The molecule has 3 rings (SSSR count). The van der Waals surface area contributed by atoms with Crippen molar-refractivity contribution in [2.24, 2.45) is 0 Å². The fraction of sp³-hybridized carbons (Fsp3) is 0.389. The summed E-state index contributed by atoms with van der Waals surface area (Å²) >= 11 is 1.89. The third kappa shape index (κ3) is 4.13. The summed E-state index contributed by atoms with van der Waals surface area (Å²) in [6.07, 6.45) is 2.69. The summed E-state index contributed by atoms with van der Waals surface area (Å²) in [5.74, 6) is 1.77. The van der Waals surface area contributed by atoms with Crippen LogP contribution in [0.15, 0.2) is 47.1 Å². The van der Waals surface area contributed by atoms with E-state index < -0.39 is 0 Å². The number of fused-ring (bicyclic) bond motifs is 1. The van der Waals surface area contributed by atoms with E-state index in [2.05, 4.69) is 34.9 Å². The zero-order chi connectivity index (χ0) is 16.8. The summed E-state index contributed by atoms with van der Waals surface area (Å²) < 4.78 is 10.5. The number of rotatable bonds is 6. The highest BCUT2D eigenvalue weighted by atomic mass is 32.2. The second-order valence-electron chi connectivity index (χ2n) is 5.69. The van der Waals surface area contributed by atoms with Gasteiger partial charge in [-0.3, -0.25) is 0 Å². The maximum Gasteiger partial charge on any atom is 0.315 e. The molecule has 0 saturated heterocycles. The molecule has 128 valence electrons. The fourth-order valence-corrected chi connectivity index (χ4v) is 4.12. The van der Waals surface area contributed by atoms with Crippen molar-refractivity contribution in [1.29, 1.82) is 0 Å². The van der Waals surface area contributed by atoms with Crippen LogP contribution in [-0.4, -0.2) is 32.0 Å². The molecule has 2 N–H and O–H groups in total. The maximum absolute atomic E-state index is 12.2. The number of methoxy groups -OCH3 is 1. The average molecular weight is 346 g/mol. The van der Waals surface area contributed by atoms with Gasteiger partial charge in [0, 0.05) is 18.9 Å². The van der Waals surface area contributed by atoms with E-state index >= 15 is 0 Å². The number of amides is 2. The predicted molar refractivity (Wildman–Crippen MR) is 95.2 cm³/mol. The molecule has 2 atom stereocenters. The fourth-order valence-electron chi connectivity index (χ4n) is 2.89. The lowest BCUT2D eigenvalue weighted by Gasteiger charge is -2.25. The monoisotopic (exact) mass is 346 g/mol. The third-order valence-corrected chi connectivity index (χ3v) is 5.33. The summed E-state index contributed by atoms with van der Waals surface area (Å²) in [7, 11) is 1.60. The first kappa shape index (κ1) is 16.9. The number of thioether (sulfide) groups is 1. The summed E-state index contributed by atoms with van der Waals surface area (Å²) in [6, 6.07) is 11.6. The van der Waals surface area contributed by atoms with Crippen molar-refractivity contribution >= 4 is 17.8 Å². The zero-order valence-electron chi connectivity index (χ0n) is 13.7. The Kier molecular flexibility index (Phi) is 5.82. The third-order valence-electron chi connectivity index (χ3n) is 4.07. The van der Waals surface area contributed by atoms with E-state index in [-0.39, 0.29) is 12.1 Å². The van der Waals surface area contributed by atoms with Gasteiger partial charge in [0.1, 0.15) is 11.8 Å². The minimum atomic E-state index is -0.295. The number of hydrogen-bond donors (Lipinski definition) is 2. The first-order chi connectivity index (χ1) is 11.8. The van der Waals surface area contributed by atoms with Crippen molar-refractivity contribution in [3.8, 4) is 0 Å². The molecule has 0 spiro atoms. The van der Waals surface area contributed by atoms with E-state index in [0.717, 1.165) is 12.2 Å². The molecule has 0 saturated carbocycles. The first-order valence-corrected chi connectivity index (χ1v) is 9.09. The van der Waals surface area contributed by atoms with Gasteiger partial charge in [-0.05, 0) is 35.4 Å². The van der Waals surface area contributed by atoms with Crippen molar-refractivity contribution in [3.63, 3.8) is 0 Å². The van der Waals surface area contributed by atoms with Gasteiger partial charge in [0.15, 0.2) is 0 Å². The standard InChI is InChI=1S/C18H22N2O3S/c1-22-12-15(16-7-4-9-23-16)20-18(21)19-11-17-14-6-3-2-5-13(14)8-10-24-17/h2-7,9,15,17H,8,10-12H2,1H3,(H2,19,20,21)/t15-,17+/m0/s1. The number of urea groups is 1. The van der Waals surface area contributed by atoms with Crippen LogP contribution in [0.2, 0.25) is 0 Å². The Hall–Kier alpha value is -1.92. The molecule has 24 heavy (non-hydrogen) atoms.